The van der Waals surface area contributed by atoms with Gasteiger partial charge in [0.25, 0.3) is 0 Å². The van der Waals surface area contributed by atoms with Gasteiger partial charge in [0.15, 0.2) is 5.82 Å². The predicted octanol–water partition coefficient (Wildman–Crippen LogP) is 5.79. The van der Waals surface area contributed by atoms with Crippen LogP contribution in [-0.2, 0) is 0 Å². The molecule has 38 heavy (non-hydrogen) atoms. The van der Waals surface area contributed by atoms with Crippen LogP contribution in [0.3, 0.4) is 0 Å². The van der Waals surface area contributed by atoms with Gasteiger partial charge in [-0.15, -0.1) is 0 Å². The molecule has 4 N–H and O–H groups in total. The standard InChI is InChI=1S/C29H28N8O/c1-29(2,3)14-24(38)33-19-12-18(15-30-16-19)17-7-8-21-20(13-17)25(37-36-21)28-34-23-9-11-32-26(27(23)35-28)22-6-4-5-10-31-22/h4-13,15-16,24,33,38H,14H2,1-3H3,(H,34,35)(H,36,37). The molecule has 0 amide bonds. The summed E-state index contributed by atoms with van der Waals surface area (Å²) in [4.78, 5) is 21.6. The highest BCUT2D eigenvalue weighted by Crippen LogP contribution is 2.32. The number of nitrogens with one attached hydrogen (secondary N) is 3. The van der Waals surface area contributed by atoms with Crippen LogP contribution in [0, 0.1) is 5.41 Å². The highest BCUT2D eigenvalue weighted by Gasteiger charge is 2.18. The lowest BCUT2D eigenvalue weighted by atomic mass is 9.91. The first kappa shape index (κ1) is 23.7. The molecule has 6 rings (SSSR count). The Morgan fingerprint density at radius 1 is 0.921 bits per heavy atom. The van der Waals surface area contributed by atoms with Crippen molar-refractivity contribution in [3.05, 3.63) is 73.3 Å². The minimum Gasteiger partial charge on any atom is -0.374 e. The van der Waals surface area contributed by atoms with Crippen molar-refractivity contribution in [1.29, 1.82) is 0 Å². The molecule has 6 aromatic rings. The Kier molecular flexibility index (Phi) is 5.84. The molecule has 9 nitrogen and oxygen atoms in total. The third kappa shape index (κ3) is 4.71. The van der Waals surface area contributed by atoms with Crippen LogP contribution in [0.25, 0.3) is 56.0 Å². The number of H-pyrrole nitrogens is 2. The number of pyridine rings is 3. The van der Waals surface area contributed by atoms with E-state index in [1.807, 2.05) is 48.7 Å². The van der Waals surface area contributed by atoms with Crippen LogP contribution in [0.5, 0.6) is 0 Å². The molecule has 0 aliphatic carbocycles. The summed E-state index contributed by atoms with van der Waals surface area (Å²) in [5, 5.41) is 22.2. The Balaban J connectivity index is 1.36. The Morgan fingerprint density at radius 3 is 2.63 bits per heavy atom. The fourth-order valence-corrected chi connectivity index (χ4v) is 4.61. The summed E-state index contributed by atoms with van der Waals surface area (Å²) in [6.45, 7) is 6.30. The van der Waals surface area contributed by atoms with E-state index < -0.39 is 6.23 Å². The van der Waals surface area contributed by atoms with Crippen LogP contribution in [-0.4, -0.2) is 46.5 Å². The van der Waals surface area contributed by atoms with E-state index in [2.05, 4.69) is 62.3 Å². The molecule has 1 aromatic carbocycles. The summed E-state index contributed by atoms with van der Waals surface area (Å²) in [6, 6.07) is 15.7. The number of fused-ring (bicyclic) bond motifs is 2. The molecule has 5 aromatic heterocycles. The monoisotopic (exact) mass is 504 g/mol. The second-order valence-electron chi connectivity index (χ2n) is 10.6. The first-order chi connectivity index (χ1) is 18.3. The summed E-state index contributed by atoms with van der Waals surface area (Å²) in [6.07, 6.45) is 7.00. The average molecular weight is 505 g/mol. The van der Waals surface area contributed by atoms with Gasteiger partial charge in [-0.05, 0) is 53.8 Å². The van der Waals surface area contributed by atoms with Crippen LogP contribution in [0.15, 0.2) is 73.3 Å². The minimum atomic E-state index is -0.659. The Hall–Kier alpha value is -4.63. The van der Waals surface area contributed by atoms with Crippen LogP contribution < -0.4 is 5.32 Å². The van der Waals surface area contributed by atoms with E-state index in [0.717, 1.165) is 50.1 Å². The number of aromatic nitrogens is 7. The predicted molar refractivity (Wildman–Crippen MR) is 149 cm³/mol. The number of benzene rings is 1. The van der Waals surface area contributed by atoms with Gasteiger partial charge >= 0.3 is 0 Å². The van der Waals surface area contributed by atoms with Crippen molar-refractivity contribution in [3.63, 3.8) is 0 Å². The molecule has 0 aliphatic rings. The molecule has 1 atom stereocenters. The van der Waals surface area contributed by atoms with Gasteiger partial charge in [0.1, 0.15) is 23.1 Å². The van der Waals surface area contributed by atoms with E-state index in [0.29, 0.717) is 17.9 Å². The number of anilines is 1. The van der Waals surface area contributed by atoms with Gasteiger partial charge in [-0.1, -0.05) is 32.9 Å². The SMILES string of the molecule is CC(C)(C)CC(O)Nc1cncc(-c2ccc3[nH]nc(-c4nc5c(-c6ccccn6)nccc5[nH]4)c3c2)c1. The molecule has 9 heteroatoms. The number of nitrogens with zero attached hydrogens (tertiary/aromatic N) is 5. The number of rotatable bonds is 6. The highest BCUT2D eigenvalue weighted by atomic mass is 16.3. The molecule has 0 fully saturated rings. The largest absolute Gasteiger partial charge is 0.374 e. The zero-order valence-corrected chi connectivity index (χ0v) is 21.4. The van der Waals surface area contributed by atoms with Crippen molar-refractivity contribution in [2.24, 2.45) is 5.41 Å². The Bertz CT molecular complexity index is 1730. The zero-order chi connectivity index (χ0) is 26.3. The van der Waals surface area contributed by atoms with Gasteiger partial charge in [0.05, 0.1) is 28.6 Å². The molecule has 0 aliphatic heterocycles. The lowest BCUT2D eigenvalue weighted by Crippen LogP contribution is -2.25. The maximum absolute atomic E-state index is 10.5. The quantitative estimate of drug-likeness (QED) is 0.211. The van der Waals surface area contributed by atoms with Crippen molar-refractivity contribution in [2.45, 2.75) is 33.4 Å². The molecule has 0 bridgehead atoms. The summed E-state index contributed by atoms with van der Waals surface area (Å²) < 4.78 is 0. The summed E-state index contributed by atoms with van der Waals surface area (Å²) in [7, 11) is 0. The van der Waals surface area contributed by atoms with Gasteiger partial charge in [-0.2, -0.15) is 5.10 Å². The summed E-state index contributed by atoms with van der Waals surface area (Å²) >= 11 is 0. The molecule has 0 radical (unpaired) electrons. The number of aliphatic hydroxyl groups is 1. The molecular formula is C29H28N8O. The van der Waals surface area contributed by atoms with Gasteiger partial charge in [0.2, 0.25) is 0 Å². The smallest absolute Gasteiger partial charge is 0.159 e. The summed E-state index contributed by atoms with van der Waals surface area (Å²) in [5.74, 6) is 0.646. The summed E-state index contributed by atoms with van der Waals surface area (Å²) in [5.41, 5.74) is 7.37. The molecule has 190 valence electrons. The normalized spacial score (nSPS) is 12.7. The molecule has 1 unspecified atom stereocenters. The van der Waals surface area contributed by atoms with Gasteiger partial charge in [-0.3, -0.25) is 20.1 Å². The fourth-order valence-electron chi connectivity index (χ4n) is 4.61. The second-order valence-corrected chi connectivity index (χ2v) is 10.6. The first-order valence-electron chi connectivity index (χ1n) is 12.5. The van der Waals surface area contributed by atoms with E-state index in [1.54, 1.807) is 18.6 Å². The van der Waals surface area contributed by atoms with Gasteiger partial charge in [-0.25, -0.2) is 4.98 Å². The molecule has 0 saturated carbocycles. The highest BCUT2D eigenvalue weighted by molar-refractivity contribution is 5.97. The topological polar surface area (TPSA) is 128 Å². The van der Waals surface area contributed by atoms with Crippen molar-refractivity contribution in [2.75, 3.05) is 5.32 Å². The number of aliphatic hydroxyl groups excluding tert-OH is 1. The minimum absolute atomic E-state index is 0.00522. The van der Waals surface area contributed by atoms with E-state index in [1.165, 1.54) is 0 Å². The van der Waals surface area contributed by atoms with E-state index in [-0.39, 0.29) is 5.41 Å². The first-order valence-corrected chi connectivity index (χ1v) is 12.5. The molecule has 0 spiro atoms. The third-order valence-corrected chi connectivity index (χ3v) is 6.31. The zero-order valence-electron chi connectivity index (χ0n) is 21.4. The van der Waals surface area contributed by atoms with Crippen LogP contribution in [0.1, 0.15) is 27.2 Å². The lowest BCUT2D eigenvalue weighted by Gasteiger charge is -2.23. The molecule has 5 heterocycles. The maximum Gasteiger partial charge on any atom is 0.159 e. The van der Waals surface area contributed by atoms with Crippen molar-refractivity contribution >= 4 is 27.6 Å². The van der Waals surface area contributed by atoms with Crippen molar-refractivity contribution in [1.82, 2.24) is 35.1 Å². The van der Waals surface area contributed by atoms with Crippen molar-refractivity contribution in [3.8, 4) is 34.0 Å². The number of hydrogen-bond acceptors (Lipinski definition) is 7. The van der Waals surface area contributed by atoms with Crippen LogP contribution in [0.2, 0.25) is 0 Å². The van der Waals surface area contributed by atoms with E-state index >= 15 is 0 Å². The van der Waals surface area contributed by atoms with E-state index in [9.17, 15) is 5.11 Å². The number of imidazole rings is 1. The average Bonchev–Trinajstić information content (AvgIpc) is 3.51. The van der Waals surface area contributed by atoms with Crippen LogP contribution in [0.4, 0.5) is 5.69 Å². The Labute approximate surface area is 219 Å². The maximum atomic E-state index is 10.5. The van der Waals surface area contributed by atoms with Crippen molar-refractivity contribution < 1.29 is 5.11 Å². The number of aromatic amines is 2. The molecule has 0 saturated heterocycles. The van der Waals surface area contributed by atoms with Crippen LogP contribution >= 0.6 is 0 Å². The Morgan fingerprint density at radius 2 is 1.82 bits per heavy atom. The second kappa shape index (κ2) is 9.35. The van der Waals surface area contributed by atoms with Gasteiger partial charge in [0, 0.05) is 29.5 Å². The number of hydrogen-bond donors (Lipinski definition) is 4. The third-order valence-electron chi connectivity index (χ3n) is 6.31. The lowest BCUT2D eigenvalue weighted by molar-refractivity contribution is 0.145. The molecular weight excluding hydrogens is 476 g/mol. The van der Waals surface area contributed by atoms with E-state index in [4.69, 9.17) is 4.98 Å². The fraction of sp³-hybridized carbons (Fsp3) is 0.207. The van der Waals surface area contributed by atoms with Gasteiger partial charge < -0.3 is 15.4 Å².